The van der Waals surface area contributed by atoms with Gasteiger partial charge in [0, 0.05) is 0 Å². The number of phenols is 1. The maximum absolute atomic E-state index is 10.7. The number of aromatic carboxylic acids is 1. The minimum atomic E-state index is -1.12. The number of benzene rings is 1. The highest BCUT2D eigenvalue weighted by molar-refractivity contribution is 9.10. The van der Waals surface area contributed by atoms with E-state index >= 15 is 0 Å². The second-order valence-corrected chi connectivity index (χ2v) is 3.40. The Morgan fingerprint density at radius 2 is 2.21 bits per heavy atom. The number of carboxylic acids is 1. The molecule has 2 rings (SSSR count). The lowest BCUT2D eigenvalue weighted by atomic mass is 10.1. The van der Waals surface area contributed by atoms with Crippen LogP contribution in [-0.4, -0.2) is 21.3 Å². The standard InChI is InChI=1S/C8H4BrNO4/c9-7-4-1-3(8(12)13)2-5(11)6(4)14-10-7/h1-2,11H,(H,12,13). The first kappa shape index (κ1) is 9.01. The Morgan fingerprint density at radius 1 is 1.50 bits per heavy atom. The molecule has 0 atom stereocenters. The van der Waals surface area contributed by atoms with Crippen LogP contribution in [-0.2, 0) is 0 Å². The number of aromatic nitrogens is 1. The van der Waals surface area contributed by atoms with Crippen molar-refractivity contribution in [3.8, 4) is 5.75 Å². The fourth-order valence-corrected chi connectivity index (χ4v) is 1.49. The van der Waals surface area contributed by atoms with Gasteiger partial charge in [0.05, 0.1) is 10.9 Å². The Balaban J connectivity index is 2.82. The van der Waals surface area contributed by atoms with Crippen molar-refractivity contribution < 1.29 is 19.5 Å². The summed E-state index contributed by atoms with van der Waals surface area (Å²) in [5.74, 6) is -1.35. The Hall–Kier alpha value is -1.56. The lowest BCUT2D eigenvalue weighted by molar-refractivity contribution is 0.0696. The number of rotatable bonds is 1. The zero-order chi connectivity index (χ0) is 10.3. The summed E-state index contributed by atoms with van der Waals surface area (Å²) in [6.07, 6.45) is 0. The van der Waals surface area contributed by atoms with Crippen molar-refractivity contribution in [1.29, 1.82) is 0 Å². The highest BCUT2D eigenvalue weighted by atomic mass is 79.9. The molecule has 1 aromatic carbocycles. The molecule has 0 amide bonds. The van der Waals surface area contributed by atoms with Gasteiger partial charge in [-0.05, 0) is 28.1 Å². The average Bonchev–Trinajstić information content (AvgIpc) is 2.48. The third kappa shape index (κ3) is 1.24. The molecule has 2 N–H and O–H groups in total. The SMILES string of the molecule is O=C(O)c1cc(O)c2onc(Br)c2c1. The molecular formula is C8H4BrNO4. The molecule has 0 radical (unpaired) electrons. The highest BCUT2D eigenvalue weighted by Crippen LogP contribution is 2.31. The van der Waals surface area contributed by atoms with Crippen LogP contribution in [0.2, 0.25) is 0 Å². The lowest BCUT2D eigenvalue weighted by Crippen LogP contribution is -1.95. The zero-order valence-corrected chi connectivity index (χ0v) is 8.28. The first-order valence-corrected chi connectivity index (χ1v) is 4.40. The molecular weight excluding hydrogens is 254 g/mol. The summed E-state index contributed by atoms with van der Waals surface area (Å²) in [7, 11) is 0. The summed E-state index contributed by atoms with van der Waals surface area (Å²) in [5, 5.41) is 22.1. The number of fused-ring (bicyclic) bond motifs is 1. The second-order valence-electron chi connectivity index (χ2n) is 2.65. The molecule has 14 heavy (non-hydrogen) atoms. The van der Waals surface area contributed by atoms with Crippen LogP contribution in [0.3, 0.4) is 0 Å². The van der Waals surface area contributed by atoms with E-state index in [9.17, 15) is 9.90 Å². The van der Waals surface area contributed by atoms with Crippen LogP contribution < -0.4 is 0 Å². The molecule has 6 heteroatoms. The fourth-order valence-electron chi connectivity index (χ4n) is 1.12. The summed E-state index contributed by atoms with van der Waals surface area (Å²) in [5.41, 5.74) is 0.153. The predicted octanol–water partition coefficient (Wildman–Crippen LogP) is 1.99. The predicted molar refractivity (Wildman–Crippen MR) is 50.3 cm³/mol. The second kappa shape index (κ2) is 2.98. The number of phenolic OH excluding ortho intramolecular Hbond substituents is 1. The van der Waals surface area contributed by atoms with Crippen LogP contribution in [0.15, 0.2) is 21.3 Å². The van der Waals surface area contributed by atoms with Gasteiger partial charge in [-0.1, -0.05) is 5.16 Å². The Labute approximate surface area is 86.1 Å². The van der Waals surface area contributed by atoms with Crippen molar-refractivity contribution in [3.05, 3.63) is 22.3 Å². The van der Waals surface area contributed by atoms with Gasteiger partial charge in [0.1, 0.15) is 0 Å². The van der Waals surface area contributed by atoms with E-state index in [0.29, 0.717) is 9.99 Å². The number of hydrogen-bond donors (Lipinski definition) is 2. The molecule has 0 aliphatic carbocycles. The molecule has 72 valence electrons. The van der Waals surface area contributed by atoms with E-state index in [4.69, 9.17) is 9.63 Å². The minimum Gasteiger partial charge on any atom is -0.504 e. The quantitative estimate of drug-likeness (QED) is 0.817. The van der Waals surface area contributed by atoms with Gasteiger partial charge in [0.15, 0.2) is 10.4 Å². The average molecular weight is 258 g/mol. The van der Waals surface area contributed by atoms with Crippen molar-refractivity contribution in [2.45, 2.75) is 0 Å². The van der Waals surface area contributed by atoms with Gasteiger partial charge < -0.3 is 14.7 Å². The number of carbonyl (C=O) groups is 1. The van der Waals surface area contributed by atoms with Crippen molar-refractivity contribution in [2.24, 2.45) is 0 Å². The molecule has 0 bridgehead atoms. The van der Waals surface area contributed by atoms with Crippen LogP contribution in [0.5, 0.6) is 5.75 Å². The van der Waals surface area contributed by atoms with E-state index in [1.54, 1.807) is 0 Å². The smallest absolute Gasteiger partial charge is 0.335 e. The molecule has 5 nitrogen and oxygen atoms in total. The molecule has 1 heterocycles. The van der Waals surface area contributed by atoms with Gasteiger partial charge in [-0.2, -0.15) is 0 Å². The van der Waals surface area contributed by atoms with Gasteiger partial charge in [-0.3, -0.25) is 0 Å². The first-order valence-electron chi connectivity index (χ1n) is 3.61. The van der Waals surface area contributed by atoms with E-state index in [1.807, 2.05) is 0 Å². The third-order valence-electron chi connectivity index (χ3n) is 1.76. The molecule has 0 saturated heterocycles. The Bertz CT molecular complexity index is 519. The number of halogens is 1. The molecule has 0 unspecified atom stereocenters. The van der Waals surface area contributed by atoms with Crippen LogP contribution >= 0.6 is 15.9 Å². The van der Waals surface area contributed by atoms with Crippen molar-refractivity contribution in [1.82, 2.24) is 5.16 Å². The normalized spacial score (nSPS) is 10.6. The zero-order valence-electron chi connectivity index (χ0n) is 6.69. The fraction of sp³-hybridized carbons (Fsp3) is 0. The van der Waals surface area contributed by atoms with E-state index < -0.39 is 5.97 Å². The van der Waals surface area contributed by atoms with Gasteiger partial charge >= 0.3 is 5.97 Å². The molecule has 0 aliphatic heterocycles. The van der Waals surface area contributed by atoms with Gasteiger partial charge in [0.2, 0.25) is 5.58 Å². The van der Waals surface area contributed by atoms with Crippen LogP contribution in [0.25, 0.3) is 11.0 Å². The van der Waals surface area contributed by atoms with Gasteiger partial charge in [-0.15, -0.1) is 0 Å². The summed E-state index contributed by atoms with van der Waals surface area (Å²) in [6.45, 7) is 0. The largest absolute Gasteiger partial charge is 0.504 e. The number of carboxylic acid groups (broad SMARTS) is 1. The van der Waals surface area contributed by atoms with E-state index in [1.165, 1.54) is 6.07 Å². The van der Waals surface area contributed by atoms with Crippen LogP contribution in [0, 0.1) is 0 Å². The topological polar surface area (TPSA) is 83.6 Å². The third-order valence-corrected chi connectivity index (χ3v) is 2.33. The summed E-state index contributed by atoms with van der Waals surface area (Å²) in [4.78, 5) is 10.7. The van der Waals surface area contributed by atoms with Crippen molar-refractivity contribution in [2.75, 3.05) is 0 Å². The van der Waals surface area contributed by atoms with E-state index in [2.05, 4.69) is 21.1 Å². The monoisotopic (exact) mass is 257 g/mol. The van der Waals surface area contributed by atoms with Gasteiger partial charge in [0.25, 0.3) is 0 Å². The van der Waals surface area contributed by atoms with Crippen LogP contribution in [0.4, 0.5) is 0 Å². The summed E-state index contributed by atoms with van der Waals surface area (Å²) < 4.78 is 5.14. The number of nitrogens with zero attached hydrogens (tertiary/aromatic N) is 1. The summed E-state index contributed by atoms with van der Waals surface area (Å²) in [6, 6.07) is 2.49. The van der Waals surface area contributed by atoms with Crippen molar-refractivity contribution >= 4 is 32.9 Å². The van der Waals surface area contributed by atoms with E-state index in [-0.39, 0.29) is 16.9 Å². The molecule has 0 aliphatic rings. The Morgan fingerprint density at radius 3 is 2.86 bits per heavy atom. The molecule has 0 saturated carbocycles. The maximum atomic E-state index is 10.7. The minimum absolute atomic E-state index is 0.0149. The van der Waals surface area contributed by atoms with Gasteiger partial charge in [-0.25, -0.2) is 4.79 Å². The molecule has 2 aromatic rings. The summed E-state index contributed by atoms with van der Waals surface area (Å²) >= 11 is 3.08. The number of hydrogen-bond acceptors (Lipinski definition) is 4. The first-order chi connectivity index (χ1) is 6.59. The Kier molecular flexibility index (Phi) is 1.92. The maximum Gasteiger partial charge on any atom is 0.335 e. The molecule has 0 spiro atoms. The van der Waals surface area contributed by atoms with Crippen molar-refractivity contribution in [3.63, 3.8) is 0 Å². The molecule has 1 aromatic heterocycles. The van der Waals surface area contributed by atoms with Crippen LogP contribution in [0.1, 0.15) is 10.4 Å². The lowest BCUT2D eigenvalue weighted by Gasteiger charge is -1.96. The molecule has 0 fully saturated rings. The number of aromatic hydroxyl groups is 1. The highest BCUT2D eigenvalue weighted by Gasteiger charge is 2.14. The van der Waals surface area contributed by atoms with E-state index in [0.717, 1.165) is 6.07 Å².